The van der Waals surface area contributed by atoms with Gasteiger partial charge in [-0.3, -0.25) is 24.0 Å². The second kappa shape index (κ2) is 27.9. The van der Waals surface area contributed by atoms with Crippen molar-refractivity contribution in [2.24, 2.45) is 11.8 Å². The second-order valence-corrected chi connectivity index (χ2v) is 16.5. The summed E-state index contributed by atoms with van der Waals surface area (Å²) in [5.41, 5.74) is 10.7. The second-order valence-electron chi connectivity index (χ2n) is 16.5. The number of hydrogen-bond donors (Lipinski definition) is 8. The Labute approximate surface area is 385 Å². The number of aliphatic hydroxyl groups excluding tert-OH is 1. The van der Waals surface area contributed by atoms with Crippen molar-refractivity contribution >= 4 is 35.7 Å². The molecular weight excluding hydrogens is 847 g/mol. The third kappa shape index (κ3) is 19.3. The average Bonchev–Trinajstić information content (AvgIpc) is 3.81. The Morgan fingerprint density at radius 3 is 1.71 bits per heavy atom. The molecule has 3 aromatic carbocycles. The molecule has 0 fully saturated rings. The van der Waals surface area contributed by atoms with Crippen LogP contribution < -0.4 is 26.6 Å². The average molecular weight is 909 g/mol. The van der Waals surface area contributed by atoms with Crippen LogP contribution in [0.2, 0.25) is 0 Å². The normalized spacial score (nSPS) is 14.0. The number of aliphatic carboxylic acids is 1. The van der Waals surface area contributed by atoms with E-state index in [0.717, 1.165) is 16.7 Å². The van der Waals surface area contributed by atoms with Gasteiger partial charge in [0.2, 0.25) is 23.6 Å². The molecule has 0 aliphatic heterocycles. The molecule has 9 N–H and O–H groups in total. The number of nitriles is 1. The molecule has 0 radical (unpaired) electrons. The van der Waals surface area contributed by atoms with Gasteiger partial charge in [-0.2, -0.15) is 5.26 Å². The summed E-state index contributed by atoms with van der Waals surface area (Å²) in [5, 5.41) is 40.1. The monoisotopic (exact) mass is 908 g/mol. The lowest BCUT2D eigenvalue weighted by Gasteiger charge is -2.28. The number of carboxylic acids is 1. The molecule has 7 atom stereocenters. The van der Waals surface area contributed by atoms with Crippen molar-refractivity contribution in [1.29, 1.82) is 5.26 Å². The van der Waals surface area contributed by atoms with E-state index in [1.165, 1.54) is 19.4 Å². The quantitative estimate of drug-likeness (QED) is 0.0523. The third-order valence-electron chi connectivity index (χ3n) is 10.1. The Kier molecular flexibility index (Phi) is 22.5. The summed E-state index contributed by atoms with van der Waals surface area (Å²) < 4.78 is 5.37. The number of benzene rings is 3. The molecule has 0 bridgehead atoms. The van der Waals surface area contributed by atoms with E-state index in [4.69, 9.17) is 15.7 Å². The van der Waals surface area contributed by atoms with Gasteiger partial charge in [0, 0.05) is 24.7 Å². The van der Waals surface area contributed by atoms with Crippen LogP contribution in [0.3, 0.4) is 0 Å². The Bertz CT molecular complexity index is 2150. The van der Waals surface area contributed by atoms with Crippen molar-refractivity contribution in [3.05, 3.63) is 132 Å². The molecule has 1 aromatic heterocycles. The van der Waals surface area contributed by atoms with E-state index in [2.05, 4.69) is 36.6 Å². The van der Waals surface area contributed by atoms with Crippen molar-refractivity contribution in [2.75, 3.05) is 0 Å². The summed E-state index contributed by atoms with van der Waals surface area (Å²) in [6.07, 6.45) is 2.00. The summed E-state index contributed by atoms with van der Waals surface area (Å²) in [6, 6.07) is 23.1. The first-order valence-corrected chi connectivity index (χ1v) is 21.7. The molecule has 0 aliphatic carbocycles. The number of nitrogens with zero attached hydrogens (tertiary/aromatic N) is 2. The number of H-pyrrole nitrogens is 1. The maximum Gasteiger partial charge on any atom is 0.408 e. The Morgan fingerprint density at radius 2 is 1.21 bits per heavy atom. The molecule has 1 unspecified atom stereocenters. The number of aromatic nitrogens is 2. The number of imidazole rings is 1. The smallest absolute Gasteiger partial charge is 0.408 e. The minimum absolute atomic E-state index is 0.0194. The predicted octanol–water partition coefficient (Wildman–Crippen LogP) is 4.16. The van der Waals surface area contributed by atoms with E-state index in [1.54, 1.807) is 50.2 Å². The van der Waals surface area contributed by atoms with Gasteiger partial charge in [0.15, 0.2) is 0 Å². The summed E-state index contributed by atoms with van der Waals surface area (Å²) in [4.78, 5) is 85.5. The highest BCUT2D eigenvalue weighted by Crippen LogP contribution is 2.13. The Balaban J connectivity index is 0.000000701. The van der Waals surface area contributed by atoms with Gasteiger partial charge in [0.1, 0.15) is 36.8 Å². The fourth-order valence-corrected chi connectivity index (χ4v) is 6.43. The van der Waals surface area contributed by atoms with Crippen molar-refractivity contribution in [3.63, 3.8) is 0 Å². The van der Waals surface area contributed by atoms with Crippen molar-refractivity contribution < 1.29 is 43.7 Å². The predicted molar refractivity (Wildman–Crippen MR) is 246 cm³/mol. The number of hydrogen-bond acceptors (Lipinski definition) is 10. The van der Waals surface area contributed by atoms with Crippen LogP contribution >= 0.6 is 0 Å². The van der Waals surface area contributed by atoms with Crippen LogP contribution in [-0.2, 0) is 54.6 Å². The van der Waals surface area contributed by atoms with Gasteiger partial charge in [0.25, 0.3) is 0 Å². The van der Waals surface area contributed by atoms with Crippen molar-refractivity contribution in [2.45, 2.75) is 116 Å². The van der Waals surface area contributed by atoms with Crippen LogP contribution in [0.5, 0.6) is 0 Å². The standard InChI is InChI=1S/C37H49N7O8.C11H13N2O/c1-22(2)16-28(34(47)44-31(23(3)4)35(48)40-24(5)36(49)50)41-33(46)30(18-27-19-38-21-39-27)42-32(45)29(17-25-12-8-6-9-13-25)43-37(51)52-20-26-14-10-7-11-15-26;12-7-6-11(14)10(13)8-9-4-2-1-3-5-9/h6-15,19,21-24,28-31H,16-18,20H2,1-5H3,(H,38,39)(H,40,48)(H,41,46)(H,42,45)(H,43,51)(H,44,47)(H,49,50);1-5,10-11,13-14H,6,8H2/q;-1/t24-,28-,29-,30-,31-;10-,11?/m00/s1. The zero-order valence-corrected chi connectivity index (χ0v) is 37.9. The molecule has 18 nitrogen and oxygen atoms in total. The van der Waals surface area contributed by atoms with E-state index in [0.29, 0.717) is 12.1 Å². The number of carbonyl (C=O) groups is 6. The molecule has 0 spiro atoms. The van der Waals surface area contributed by atoms with Crippen LogP contribution in [0.1, 0.15) is 69.8 Å². The van der Waals surface area contributed by atoms with Crippen molar-refractivity contribution in [3.8, 4) is 6.07 Å². The molecule has 0 saturated heterocycles. The van der Waals surface area contributed by atoms with E-state index in [9.17, 15) is 39.0 Å². The highest BCUT2D eigenvalue weighted by atomic mass is 16.5. The maximum atomic E-state index is 13.9. The number of rotatable bonds is 23. The summed E-state index contributed by atoms with van der Waals surface area (Å²) in [7, 11) is 0. The van der Waals surface area contributed by atoms with Gasteiger partial charge in [-0.15, -0.1) is 6.04 Å². The summed E-state index contributed by atoms with van der Waals surface area (Å²) in [6.45, 7) is 8.39. The number of alkyl carbamates (subject to hydrolysis) is 1. The number of carbonyl (C=O) groups excluding carboxylic acids is 5. The SMILES string of the molecule is CC(C)C[C@H](NC(=O)[C@H](Cc1cnc[nH]1)NC(=O)[C@H](Cc1ccccc1)NC(=O)OCc1ccccc1)C(=O)N[C@H](C(=O)N[C@@H](C)C(=O)O)C(C)C.N#CCC(O)[C@@H]([NH-])Cc1ccccc1. The van der Waals surface area contributed by atoms with Crippen LogP contribution in [0.15, 0.2) is 104 Å². The van der Waals surface area contributed by atoms with Gasteiger partial charge in [0.05, 0.1) is 24.9 Å². The Morgan fingerprint density at radius 1 is 0.697 bits per heavy atom. The van der Waals surface area contributed by atoms with Gasteiger partial charge in [-0.25, -0.2) is 9.78 Å². The summed E-state index contributed by atoms with van der Waals surface area (Å²) >= 11 is 0. The number of ether oxygens (including phenoxy) is 1. The molecule has 4 aromatic rings. The number of amides is 5. The molecule has 354 valence electrons. The highest BCUT2D eigenvalue weighted by molar-refractivity contribution is 5.96. The fraction of sp³-hybridized carbons (Fsp3) is 0.417. The van der Waals surface area contributed by atoms with Crippen LogP contribution in [-0.4, -0.2) is 98.2 Å². The molecular formula is C48H62N9O9-. The zero-order chi connectivity index (χ0) is 48.6. The highest BCUT2D eigenvalue weighted by Gasteiger charge is 2.34. The first kappa shape index (κ1) is 53.2. The zero-order valence-electron chi connectivity index (χ0n) is 37.9. The summed E-state index contributed by atoms with van der Waals surface area (Å²) in [5.74, 6) is -4.43. The molecule has 4 rings (SSSR count). The number of carboxylic acid groups (broad SMARTS) is 1. The number of nitrogens with one attached hydrogen (secondary N) is 7. The first-order chi connectivity index (χ1) is 31.5. The van der Waals surface area contributed by atoms with Crippen molar-refractivity contribution in [1.82, 2.24) is 36.6 Å². The Hall–Kier alpha value is -7.10. The van der Waals surface area contributed by atoms with E-state index >= 15 is 0 Å². The number of aliphatic hydroxyl groups is 1. The minimum atomic E-state index is -1.23. The first-order valence-electron chi connectivity index (χ1n) is 21.7. The fourth-order valence-electron chi connectivity index (χ4n) is 6.43. The van der Waals surface area contributed by atoms with Crippen LogP contribution in [0.4, 0.5) is 4.79 Å². The number of aromatic amines is 1. The van der Waals surface area contributed by atoms with Gasteiger partial charge >= 0.3 is 12.1 Å². The van der Waals surface area contributed by atoms with Gasteiger partial charge in [-0.05, 0) is 48.3 Å². The molecule has 66 heavy (non-hydrogen) atoms. The van der Waals surface area contributed by atoms with Crippen LogP contribution in [0, 0.1) is 23.2 Å². The third-order valence-corrected chi connectivity index (χ3v) is 10.1. The molecule has 5 amide bonds. The largest absolute Gasteiger partial charge is 0.672 e. The molecule has 0 saturated carbocycles. The van der Waals surface area contributed by atoms with Gasteiger partial charge < -0.3 is 52.3 Å². The molecule has 18 heteroatoms. The topological polar surface area (TPSA) is 289 Å². The van der Waals surface area contributed by atoms with E-state index < -0.39 is 84.0 Å². The minimum Gasteiger partial charge on any atom is -0.672 e. The lowest BCUT2D eigenvalue weighted by atomic mass is 9.99. The molecule has 1 heterocycles. The lowest BCUT2D eigenvalue weighted by molar-refractivity contribution is -0.142. The van der Waals surface area contributed by atoms with E-state index in [-0.39, 0.29) is 38.2 Å². The lowest BCUT2D eigenvalue weighted by Crippen LogP contribution is -2.60. The maximum absolute atomic E-state index is 13.9. The molecule has 0 aliphatic rings. The van der Waals surface area contributed by atoms with Gasteiger partial charge in [-0.1, -0.05) is 119 Å². The van der Waals surface area contributed by atoms with E-state index in [1.807, 2.05) is 74.5 Å². The van der Waals surface area contributed by atoms with Crippen LogP contribution in [0.25, 0.3) is 5.73 Å².